The first-order chi connectivity index (χ1) is 12.6. The zero-order chi connectivity index (χ0) is 18.0. The van der Waals surface area contributed by atoms with E-state index < -0.39 is 9.84 Å². The summed E-state index contributed by atoms with van der Waals surface area (Å²) in [6.45, 7) is 2.61. The van der Waals surface area contributed by atoms with Crippen LogP contribution in [-0.4, -0.2) is 43.2 Å². The van der Waals surface area contributed by atoms with Crippen LogP contribution in [0.25, 0.3) is 0 Å². The van der Waals surface area contributed by atoms with Crippen molar-refractivity contribution in [3.05, 3.63) is 54.4 Å². The van der Waals surface area contributed by atoms with Crippen LogP contribution in [0, 0.1) is 5.92 Å². The van der Waals surface area contributed by atoms with Gasteiger partial charge in [-0.3, -0.25) is 9.88 Å². The Morgan fingerprint density at radius 2 is 1.92 bits per heavy atom. The molecule has 2 aliphatic rings. The Kier molecular flexibility index (Phi) is 4.96. The van der Waals surface area contributed by atoms with Crippen molar-refractivity contribution < 1.29 is 13.2 Å². The van der Waals surface area contributed by atoms with Gasteiger partial charge in [-0.25, -0.2) is 8.42 Å². The molecule has 1 saturated carbocycles. The number of ether oxygens (including phenoxy) is 1. The number of aromatic nitrogens is 1. The van der Waals surface area contributed by atoms with Gasteiger partial charge in [0, 0.05) is 25.5 Å². The molecule has 2 fully saturated rings. The average Bonchev–Trinajstić information content (AvgIpc) is 3.36. The molecular weight excluding hydrogens is 348 g/mol. The molecule has 0 unspecified atom stereocenters. The van der Waals surface area contributed by atoms with Gasteiger partial charge in [-0.2, -0.15) is 0 Å². The molecular formula is C20H24N2O3S. The van der Waals surface area contributed by atoms with Crippen LogP contribution >= 0.6 is 0 Å². The molecule has 0 N–H and O–H groups in total. The first-order valence-electron chi connectivity index (χ1n) is 9.19. The first kappa shape index (κ1) is 17.5. The summed E-state index contributed by atoms with van der Waals surface area (Å²) >= 11 is 0. The molecule has 1 aromatic carbocycles. The van der Waals surface area contributed by atoms with Crippen LogP contribution in [0.3, 0.4) is 0 Å². The van der Waals surface area contributed by atoms with E-state index in [1.54, 1.807) is 18.3 Å². The van der Waals surface area contributed by atoms with Gasteiger partial charge >= 0.3 is 0 Å². The van der Waals surface area contributed by atoms with Gasteiger partial charge in [0.05, 0.1) is 16.8 Å². The Morgan fingerprint density at radius 3 is 2.62 bits per heavy atom. The highest BCUT2D eigenvalue weighted by Crippen LogP contribution is 2.27. The summed E-state index contributed by atoms with van der Waals surface area (Å²) in [6.07, 6.45) is 6.70. The van der Waals surface area contributed by atoms with Crippen LogP contribution in [0.5, 0.6) is 5.75 Å². The lowest BCUT2D eigenvalue weighted by atomic mass is 10.1. The number of nitrogens with zero attached hydrogens (tertiary/aromatic N) is 2. The van der Waals surface area contributed by atoms with Gasteiger partial charge in [-0.05, 0) is 61.6 Å². The molecule has 2 aromatic rings. The molecule has 0 radical (unpaired) electrons. The molecule has 26 heavy (non-hydrogen) atoms. The highest BCUT2D eigenvalue weighted by atomic mass is 32.2. The van der Waals surface area contributed by atoms with E-state index in [1.165, 1.54) is 24.6 Å². The molecule has 1 atom stereocenters. The van der Waals surface area contributed by atoms with Crippen molar-refractivity contribution in [2.24, 2.45) is 5.92 Å². The van der Waals surface area contributed by atoms with Crippen molar-refractivity contribution in [1.29, 1.82) is 0 Å². The lowest BCUT2D eigenvalue weighted by Gasteiger charge is -2.16. The van der Waals surface area contributed by atoms with Crippen molar-refractivity contribution >= 4 is 9.84 Å². The zero-order valence-electron chi connectivity index (χ0n) is 14.8. The summed E-state index contributed by atoms with van der Waals surface area (Å²) in [5.74, 6) is 1.32. The third-order valence-electron chi connectivity index (χ3n) is 4.98. The van der Waals surface area contributed by atoms with E-state index in [4.69, 9.17) is 4.74 Å². The molecule has 5 nitrogen and oxygen atoms in total. The normalized spacial score (nSPS) is 21.0. The fourth-order valence-corrected chi connectivity index (χ4v) is 5.03. The molecule has 4 rings (SSSR count). The van der Waals surface area contributed by atoms with Crippen molar-refractivity contribution in [1.82, 2.24) is 9.88 Å². The van der Waals surface area contributed by atoms with Gasteiger partial charge in [0.15, 0.2) is 9.84 Å². The van der Waals surface area contributed by atoms with Crippen molar-refractivity contribution in [3.63, 3.8) is 0 Å². The van der Waals surface area contributed by atoms with E-state index >= 15 is 0 Å². The summed E-state index contributed by atoms with van der Waals surface area (Å²) in [5.41, 5.74) is 1.24. The number of pyridine rings is 1. The lowest BCUT2D eigenvalue weighted by molar-refractivity contribution is 0.302. The Morgan fingerprint density at radius 1 is 1.12 bits per heavy atom. The van der Waals surface area contributed by atoms with Crippen LogP contribution in [0.4, 0.5) is 0 Å². The Labute approximate surface area is 154 Å². The highest BCUT2D eigenvalue weighted by molar-refractivity contribution is 7.91. The molecule has 0 amide bonds. The van der Waals surface area contributed by atoms with E-state index in [2.05, 4.69) is 22.0 Å². The smallest absolute Gasteiger partial charge is 0.180 e. The van der Waals surface area contributed by atoms with E-state index in [-0.39, 0.29) is 11.7 Å². The molecule has 1 aliphatic carbocycles. The van der Waals surface area contributed by atoms with Gasteiger partial charge in [0.25, 0.3) is 0 Å². The second-order valence-electron chi connectivity index (χ2n) is 7.32. The predicted octanol–water partition coefficient (Wildman–Crippen LogP) is 2.92. The summed E-state index contributed by atoms with van der Waals surface area (Å²) in [7, 11) is -3.26. The largest absolute Gasteiger partial charge is 0.490 e. The number of benzene rings is 1. The molecule has 0 bridgehead atoms. The number of sulfone groups is 1. The van der Waals surface area contributed by atoms with E-state index in [9.17, 15) is 8.42 Å². The summed E-state index contributed by atoms with van der Waals surface area (Å²) in [5, 5.41) is 0. The summed E-state index contributed by atoms with van der Waals surface area (Å²) in [4.78, 5) is 6.58. The number of rotatable bonds is 7. The molecule has 1 saturated heterocycles. The third kappa shape index (κ3) is 4.43. The topological polar surface area (TPSA) is 59.5 Å². The van der Waals surface area contributed by atoms with Crippen LogP contribution in [0.15, 0.2) is 53.7 Å². The SMILES string of the molecule is O=S(=O)(C[C@@H]1CCN(Cc2ccc(OC3CC3)cc2)C1)c1cccnc1. The lowest BCUT2D eigenvalue weighted by Crippen LogP contribution is -2.23. The van der Waals surface area contributed by atoms with Gasteiger partial charge in [0.1, 0.15) is 5.75 Å². The van der Waals surface area contributed by atoms with Gasteiger partial charge < -0.3 is 4.74 Å². The minimum atomic E-state index is -3.26. The van der Waals surface area contributed by atoms with Gasteiger partial charge in [-0.15, -0.1) is 0 Å². The average molecular weight is 372 g/mol. The minimum absolute atomic E-state index is 0.178. The fourth-order valence-electron chi connectivity index (χ4n) is 3.44. The van der Waals surface area contributed by atoms with E-state index in [1.807, 2.05) is 12.1 Å². The Balaban J connectivity index is 1.30. The monoisotopic (exact) mass is 372 g/mol. The quantitative estimate of drug-likeness (QED) is 0.748. The van der Waals surface area contributed by atoms with Crippen molar-refractivity contribution in [2.45, 2.75) is 36.8 Å². The second kappa shape index (κ2) is 7.37. The molecule has 138 valence electrons. The summed E-state index contributed by atoms with van der Waals surface area (Å²) in [6, 6.07) is 11.6. The number of hydrogen-bond acceptors (Lipinski definition) is 5. The van der Waals surface area contributed by atoms with Crippen LogP contribution in [0.2, 0.25) is 0 Å². The van der Waals surface area contributed by atoms with Crippen LogP contribution in [-0.2, 0) is 16.4 Å². The highest BCUT2D eigenvalue weighted by Gasteiger charge is 2.28. The van der Waals surface area contributed by atoms with E-state index in [0.29, 0.717) is 11.0 Å². The molecule has 2 heterocycles. The van der Waals surface area contributed by atoms with Gasteiger partial charge in [-0.1, -0.05) is 12.1 Å². The van der Waals surface area contributed by atoms with Gasteiger partial charge in [0.2, 0.25) is 0 Å². The maximum Gasteiger partial charge on any atom is 0.180 e. The van der Waals surface area contributed by atoms with Crippen molar-refractivity contribution in [2.75, 3.05) is 18.8 Å². The maximum absolute atomic E-state index is 12.5. The number of hydrogen-bond donors (Lipinski definition) is 0. The first-order valence-corrected chi connectivity index (χ1v) is 10.8. The molecule has 6 heteroatoms. The van der Waals surface area contributed by atoms with Crippen LogP contribution < -0.4 is 4.74 Å². The third-order valence-corrected chi connectivity index (χ3v) is 6.85. The van der Waals surface area contributed by atoms with Crippen LogP contribution in [0.1, 0.15) is 24.8 Å². The predicted molar refractivity (Wildman–Crippen MR) is 99.8 cm³/mol. The second-order valence-corrected chi connectivity index (χ2v) is 9.36. The molecule has 1 aliphatic heterocycles. The minimum Gasteiger partial charge on any atom is -0.490 e. The Bertz CT molecular complexity index is 833. The summed E-state index contributed by atoms with van der Waals surface area (Å²) < 4.78 is 30.8. The zero-order valence-corrected chi connectivity index (χ0v) is 15.6. The maximum atomic E-state index is 12.5. The van der Waals surface area contributed by atoms with E-state index in [0.717, 1.165) is 31.8 Å². The standard InChI is InChI=1S/C20H24N2O3S/c23-26(24,20-2-1-10-21-12-20)15-17-9-11-22(14-17)13-16-3-5-18(6-4-16)25-19-7-8-19/h1-6,10,12,17,19H,7-9,11,13-15H2/t17-/m1/s1. The molecule has 0 spiro atoms. The van der Waals surface area contributed by atoms with Crippen molar-refractivity contribution in [3.8, 4) is 5.75 Å². The fraction of sp³-hybridized carbons (Fsp3) is 0.450. The Hall–Kier alpha value is -1.92. The number of likely N-dealkylation sites (tertiary alicyclic amines) is 1. The molecule has 1 aromatic heterocycles.